The first-order valence-corrected chi connectivity index (χ1v) is 5.15. The largest absolute Gasteiger partial charge is 0.427 e. The zero-order valence-electron chi connectivity index (χ0n) is 9.57. The van der Waals surface area contributed by atoms with Gasteiger partial charge in [0.15, 0.2) is 11.2 Å². The lowest BCUT2D eigenvalue weighted by Crippen LogP contribution is -2.21. The van der Waals surface area contributed by atoms with E-state index < -0.39 is 0 Å². The summed E-state index contributed by atoms with van der Waals surface area (Å²) >= 11 is 0. The fraction of sp³-hybridized carbons (Fsp3) is 0.0909. The summed E-state index contributed by atoms with van der Waals surface area (Å²) in [4.78, 5) is 22.3. The Hall–Kier alpha value is -2.70. The molecule has 7 nitrogen and oxygen atoms in total. The number of para-hydroxylation sites is 2. The highest BCUT2D eigenvalue weighted by Crippen LogP contribution is 2.08. The number of rotatable bonds is 2. The minimum absolute atomic E-state index is 0.150. The van der Waals surface area contributed by atoms with Gasteiger partial charge in [-0.3, -0.25) is 4.79 Å². The number of amides is 1. The van der Waals surface area contributed by atoms with Crippen molar-refractivity contribution in [2.45, 2.75) is 6.92 Å². The summed E-state index contributed by atoms with van der Waals surface area (Å²) in [6, 6.07) is 6.58. The number of hydrogen-bond acceptors (Lipinski definition) is 4. The summed E-state index contributed by atoms with van der Waals surface area (Å²) in [6.45, 7) is 1.30. The van der Waals surface area contributed by atoms with Gasteiger partial charge in [0.25, 0.3) is 11.7 Å². The van der Waals surface area contributed by atoms with Crippen LogP contribution >= 0.6 is 0 Å². The highest BCUT2D eigenvalue weighted by molar-refractivity contribution is 5.82. The Morgan fingerprint density at radius 2 is 2.22 bits per heavy atom. The van der Waals surface area contributed by atoms with E-state index in [0.29, 0.717) is 15.5 Å². The Morgan fingerprint density at radius 3 is 2.94 bits per heavy atom. The van der Waals surface area contributed by atoms with Gasteiger partial charge in [0, 0.05) is 17.9 Å². The molecule has 0 aliphatic carbocycles. The van der Waals surface area contributed by atoms with Gasteiger partial charge in [-0.25, -0.2) is 5.43 Å². The molecule has 0 saturated heterocycles. The maximum absolute atomic E-state index is 11.7. The van der Waals surface area contributed by atoms with E-state index in [-0.39, 0.29) is 11.6 Å². The average Bonchev–Trinajstić information content (AvgIpc) is 2.35. The quantitative estimate of drug-likeness (QED) is 0.345. The molecule has 7 heteroatoms. The predicted molar refractivity (Wildman–Crippen MR) is 63.9 cm³/mol. The normalized spacial score (nSPS) is 10.9. The first-order chi connectivity index (χ1) is 8.59. The SMILES string of the molecule is CC(=O)N/N=C\c1c[n+](=O)c2ccccc2n1O. The van der Waals surface area contributed by atoms with Crippen LogP contribution in [0.5, 0.6) is 0 Å². The Balaban J connectivity index is 2.53. The van der Waals surface area contributed by atoms with Gasteiger partial charge in [-0.15, -0.1) is 0 Å². The number of hydrogen-bond donors (Lipinski definition) is 2. The maximum Gasteiger partial charge on any atom is 0.289 e. The van der Waals surface area contributed by atoms with E-state index in [9.17, 15) is 14.9 Å². The van der Waals surface area contributed by atoms with Crippen LogP contribution in [-0.2, 0) is 4.79 Å². The highest BCUT2D eigenvalue weighted by atomic mass is 16.5. The minimum Gasteiger partial charge on any atom is -0.427 e. The van der Waals surface area contributed by atoms with E-state index in [0.717, 1.165) is 10.9 Å². The minimum atomic E-state index is -0.341. The number of nitrogens with zero attached hydrogens (tertiary/aromatic N) is 3. The molecule has 0 atom stereocenters. The van der Waals surface area contributed by atoms with Gasteiger partial charge in [0.05, 0.1) is 10.6 Å². The van der Waals surface area contributed by atoms with Crippen molar-refractivity contribution in [2.24, 2.45) is 5.10 Å². The zero-order chi connectivity index (χ0) is 13.1. The van der Waals surface area contributed by atoms with Crippen LogP contribution in [0.1, 0.15) is 12.6 Å². The molecule has 18 heavy (non-hydrogen) atoms. The van der Waals surface area contributed by atoms with Gasteiger partial charge in [-0.1, -0.05) is 12.1 Å². The molecule has 92 valence electrons. The van der Waals surface area contributed by atoms with E-state index in [2.05, 4.69) is 10.5 Å². The van der Waals surface area contributed by atoms with Gasteiger partial charge in [0.2, 0.25) is 5.91 Å². The molecule has 0 spiro atoms. The van der Waals surface area contributed by atoms with Crippen LogP contribution in [0.2, 0.25) is 0 Å². The van der Waals surface area contributed by atoms with Crippen LogP contribution in [0.15, 0.2) is 35.6 Å². The van der Waals surface area contributed by atoms with E-state index in [1.165, 1.54) is 13.1 Å². The van der Waals surface area contributed by atoms with Gasteiger partial charge < -0.3 is 5.21 Å². The number of aromatic nitrogens is 2. The molecule has 0 bridgehead atoms. The summed E-state index contributed by atoms with van der Waals surface area (Å²) in [6.07, 6.45) is 2.34. The molecule has 0 fully saturated rings. The van der Waals surface area contributed by atoms with E-state index in [1.54, 1.807) is 24.3 Å². The van der Waals surface area contributed by atoms with Crippen LogP contribution in [0.3, 0.4) is 0 Å². The first kappa shape index (κ1) is 11.8. The standard InChI is InChI=1S/C11H10N4O3/c1-8(16)13-12-6-9-7-14(17)10-4-2-3-5-11(10)15(9)18/h2-7,18H,1H3/p+1. The Kier molecular flexibility index (Phi) is 3.05. The monoisotopic (exact) mass is 247 g/mol. The van der Waals surface area contributed by atoms with Crippen molar-refractivity contribution in [2.75, 3.05) is 0 Å². The van der Waals surface area contributed by atoms with Crippen LogP contribution in [-0.4, -0.2) is 22.1 Å². The van der Waals surface area contributed by atoms with Gasteiger partial charge in [-0.05, 0) is 6.07 Å². The van der Waals surface area contributed by atoms with Gasteiger partial charge >= 0.3 is 0 Å². The molecule has 1 amide bonds. The number of nitrogens with one attached hydrogen (secondary N) is 1. The van der Waals surface area contributed by atoms with Crippen molar-refractivity contribution in [3.05, 3.63) is 41.1 Å². The van der Waals surface area contributed by atoms with Crippen LogP contribution in [0, 0.1) is 4.91 Å². The predicted octanol–water partition coefficient (Wildman–Crippen LogP) is 0.263. The van der Waals surface area contributed by atoms with Gasteiger partial charge in [-0.2, -0.15) is 9.83 Å². The second-order valence-corrected chi connectivity index (χ2v) is 3.61. The van der Waals surface area contributed by atoms with Crippen LogP contribution in [0.4, 0.5) is 0 Å². The van der Waals surface area contributed by atoms with Crippen molar-refractivity contribution in [3.63, 3.8) is 0 Å². The van der Waals surface area contributed by atoms with E-state index in [4.69, 9.17) is 0 Å². The van der Waals surface area contributed by atoms with E-state index >= 15 is 0 Å². The fourth-order valence-corrected chi connectivity index (χ4v) is 1.49. The Labute approximate surface area is 102 Å². The van der Waals surface area contributed by atoms with Crippen molar-refractivity contribution in [1.29, 1.82) is 0 Å². The summed E-state index contributed by atoms with van der Waals surface area (Å²) in [5.74, 6) is -0.341. The summed E-state index contributed by atoms with van der Waals surface area (Å²) in [7, 11) is 0. The number of carbonyl (C=O) groups is 1. The number of benzene rings is 1. The average molecular weight is 247 g/mol. The molecule has 1 aromatic carbocycles. The number of fused-ring (bicyclic) bond motifs is 1. The number of hydrazone groups is 1. The van der Waals surface area contributed by atoms with E-state index in [1.807, 2.05) is 0 Å². The molecular weight excluding hydrogens is 236 g/mol. The zero-order valence-corrected chi connectivity index (χ0v) is 9.57. The fourth-order valence-electron chi connectivity index (χ4n) is 1.49. The van der Waals surface area contributed by atoms with Crippen LogP contribution in [0.25, 0.3) is 11.0 Å². The smallest absolute Gasteiger partial charge is 0.289 e. The van der Waals surface area contributed by atoms with Crippen molar-refractivity contribution in [3.8, 4) is 0 Å². The first-order valence-electron chi connectivity index (χ1n) is 5.15. The van der Waals surface area contributed by atoms with Crippen LogP contribution < -0.4 is 9.85 Å². The molecule has 2 N–H and O–H groups in total. The summed E-state index contributed by atoms with van der Waals surface area (Å²) in [5, 5.41) is 13.5. The molecule has 0 aliphatic heterocycles. The second-order valence-electron chi connectivity index (χ2n) is 3.61. The maximum atomic E-state index is 11.7. The third kappa shape index (κ3) is 2.19. The molecule has 0 aliphatic rings. The lowest BCUT2D eigenvalue weighted by atomic mass is 10.3. The molecule has 0 saturated carbocycles. The Bertz CT molecular complexity index is 690. The molecule has 0 unspecified atom stereocenters. The van der Waals surface area contributed by atoms with Crippen molar-refractivity contribution in [1.82, 2.24) is 10.2 Å². The topological polar surface area (TPSA) is 89.6 Å². The summed E-state index contributed by atoms with van der Waals surface area (Å²) < 4.78 is 1.45. The van der Waals surface area contributed by atoms with Gasteiger partial charge in [0.1, 0.15) is 0 Å². The Morgan fingerprint density at radius 1 is 1.50 bits per heavy atom. The lowest BCUT2D eigenvalue weighted by Gasteiger charge is -2.01. The third-order valence-corrected chi connectivity index (χ3v) is 2.26. The molecule has 2 rings (SSSR count). The second kappa shape index (κ2) is 4.66. The highest BCUT2D eigenvalue weighted by Gasteiger charge is 2.13. The molecule has 2 aromatic rings. The lowest BCUT2D eigenvalue weighted by molar-refractivity contribution is -0.465. The third-order valence-electron chi connectivity index (χ3n) is 2.26. The van der Waals surface area contributed by atoms with Crippen molar-refractivity contribution >= 4 is 23.2 Å². The molecular formula is C11H11N4O3+. The number of carbonyl (C=O) groups excluding carboxylic acids is 1. The summed E-state index contributed by atoms with van der Waals surface area (Å²) in [5.41, 5.74) is 3.01. The molecule has 1 aromatic heterocycles. The van der Waals surface area contributed by atoms with Crippen molar-refractivity contribution < 1.29 is 14.4 Å². The molecule has 1 heterocycles. The molecule has 0 radical (unpaired) electrons.